The first-order valence-electron chi connectivity index (χ1n) is 16.5. The van der Waals surface area contributed by atoms with Crippen molar-refractivity contribution in [2.24, 2.45) is 56.2 Å². The van der Waals surface area contributed by atoms with E-state index >= 15 is 0 Å². The van der Waals surface area contributed by atoms with E-state index < -0.39 is 17.4 Å². The smallest absolute Gasteiger partial charge is 0.309 e. The molecule has 5 rings (SSSR count). The molecular weight excluding hydrogens is 512 g/mol. The molecule has 0 aliphatic heterocycles. The Hall–Kier alpha value is -1.65. The Balaban J connectivity index is 1.43. The molecule has 0 amide bonds. The summed E-state index contributed by atoms with van der Waals surface area (Å²) in [5.41, 5.74) is 1.99. The number of hydrogen-bond donors (Lipinski definition) is 1. The Morgan fingerprint density at radius 3 is 2.17 bits per heavy atom. The van der Waals surface area contributed by atoms with E-state index in [-0.39, 0.29) is 39.6 Å². The molecule has 4 fully saturated rings. The van der Waals surface area contributed by atoms with Crippen LogP contribution in [0.1, 0.15) is 133 Å². The molecule has 0 aromatic rings. The lowest BCUT2D eigenvalue weighted by Crippen LogP contribution is -2.65. The molecule has 41 heavy (non-hydrogen) atoms. The second-order valence-corrected chi connectivity index (χ2v) is 17.5. The molecule has 1 N–H and O–H groups in total. The Labute approximate surface area is 248 Å². The van der Waals surface area contributed by atoms with Crippen LogP contribution in [0.3, 0.4) is 0 Å². The maximum Gasteiger partial charge on any atom is 0.309 e. The van der Waals surface area contributed by atoms with Gasteiger partial charge in [-0.1, -0.05) is 61.0 Å². The van der Waals surface area contributed by atoms with Gasteiger partial charge in [0.25, 0.3) is 0 Å². The van der Waals surface area contributed by atoms with Crippen LogP contribution in [-0.4, -0.2) is 28.9 Å². The first-order valence-corrected chi connectivity index (χ1v) is 16.5. The summed E-state index contributed by atoms with van der Waals surface area (Å²) in [4.78, 5) is 37.9. The van der Waals surface area contributed by atoms with Crippen LogP contribution in [0.15, 0.2) is 11.1 Å². The van der Waals surface area contributed by atoms with Crippen molar-refractivity contribution in [2.45, 2.75) is 140 Å². The summed E-state index contributed by atoms with van der Waals surface area (Å²) >= 11 is 0. The number of ether oxygens (including phenoxy) is 1. The summed E-state index contributed by atoms with van der Waals surface area (Å²) in [6.07, 6.45) is 9.30. The molecule has 8 atom stereocenters. The third-order valence-corrected chi connectivity index (χ3v) is 14.2. The average Bonchev–Trinajstić information content (AvgIpc) is 3.11. The number of hydrogen-bond acceptors (Lipinski definition) is 4. The lowest BCUT2D eigenvalue weighted by molar-refractivity contribution is -0.233. The minimum Gasteiger partial charge on any atom is -0.481 e. The van der Waals surface area contributed by atoms with E-state index in [1.54, 1.807) is 19.4 Å². The van der Waals surface area contributed by atoms with Crippen LogP contribution in [-0.2, 0) is 19.1 Å². The first-order chi connectivity index (χ1) is 18.7. The van der Waals surface area contributed by atoms with Gasteiger partial charge in [0.15, 0.2) is 5.78 Å². The summed E-state index contributed by atoms with van der Waals surface area (Å²) in [6, 6.07) is 0. The minimum absolute atomic E-state index is 0.0459. The van der Waals surface area contributed by atoms with Gasteiger partial charge >= 0.3 is 11.9 Å². The van der Waals surface area contributed by atoms with Crippen LogP contribution in [0.2, 0.25) is 0 Å². The quantitative estimate of drug-likeness (QED) is 0.337. The summed E-state index contributed by atoms with van der Waals surface area (Å²) in [5.74, 6) is 0.877. The van der Waals surface area contributed by atoms with Crippen molar-refractivity contribution in [1.82, 2.24) is 0 Å². The van der Waals surface area contributed by atoms with Crippen molar-refractivity contribution in [2.75, 3.05) is 0 Å². The number of Topliss-reactive ketones (excluding diaryl/α,β-unsaturated/α-hetero) is 1. The van der Waals surface area contributed by atoms with Crippen LogP contribution in [0.5, 0.6) is 0 Å². The Morgan fingerprint density at radius 1 is 0.902 bits per heavy atom. The van der Waals surface area contributed by atoms with E-state index in [1.807, 2.05) is 0 Å². The normalized spacial score (nSPS) is 43.6. The van der Waals surface area contributed by atoms with Gasteiger partial charge in [-0.25, -0.2) is 0 Å². The molecule has 0 heterocycles. The molecule has 5 aliphatic rings. The van der Waals surface area contributed by atoms with Gasteiger partial charge in [0.1, 0.15) is 6.10 Å². The zero-order valence-electron chi connectivity index (χ0n) is 27.5. The number of aliphatic carboxylic acids is 1. The molecule has 0 aromatic heterocycles. The van der Waals surface area contributed by atoms with E-state index in [9.17, 15) is 19.5 Å². The van der Waals surface area contributed by atoms with E-state index in [4.69, 9.17) is 4.74 Å². The first kappa shape index (κ1) is 30.8. The Bertz CT molecular complexity index is 1180. The number of carbonyl (C=O) groups excluding carboxylic acids is 2. The van der Waals surface area contributed by atoms with Crippen molar-refractivity contribution in [3.05, 3.63) is 11.1 Å². The fourth-order valence-corrected chi connectivity index (χ4v) is 11.7. The van der Waals surface area contributed by atoms with E-state index in [2.05, 4.69) is 55.4 Å². The Morgan fingerprint density at radius 2 is 1.56 bits per heavy atom. The number of carboxylic acid groups (broad SMARTS) is 1. The standard InChI is InChI=1S/C36H56O5/c1-21(2)28-23(37)19-33(7)17-18-35(9)22(29(28)33)11-12-25-34(8)15-14-26(41-27(38)20-31(3,4)30(39)40)32(5,6)24(34)13-16-36(25,35)10/h21-22,24-26H,11-20H2,1-10H3,(H,39,40)/t22?,24?,25?,26?,33-,34?,35+,36+/m0/s1. The molecule has 0 aromatic carbocycles. The monoisotopic (exact) mass is 568 g/mol. The van der Waals surface area contributed by atoms with Gasteiger partial charge < -0.3 is 9.84 Å². The highest BCUT2D eigenvalue weighted by Gasteiger charge is 2.69. The fourth-order valence-electron chi connectivity index (χ4n) is 11.7. The zero-order valence-corrected chi connectivity index (χ0v) is 27.5. The van der Waals surface area contributed by atoms with Gasteiger partial charge in [-0.05, 0) is 116 Å². The van der Waals surface area contributed by atoms with Gasteiger partial charge in [0, 0.05) is 11.8 Å². The van der Waals surface area contributed by atoms with Crippen molar-refractivity contribution < 1.29 is 24.2 Å². The van der Waals surface area contributed by atoms with E-state index in [0.717, 1.165) is 25.7 Å². The predicted octanol–water partition coefficient (Wildman–Crippen LogP) is 8.40. The largest absolute Gasteiger partial charge is 0.481 e. The van der Waals surface area contributed by atoms with Crippen LogP contribution >= 0.6 is 0 Å². The minimum atomic E-state index is -1.13. The van der Waals surface area contributed by atoms with Gasteiger partial charge in [0.05, 0.1) is 11.8 Å². The molecule has 5 aliphatic carbocycles. The summed E-state index contributed by atoms with van der Waals surface area (Å²) in [6.45, 7) is 22.3. The molecule has 0 spiro atoms. The van der Waals surface area contributed by atoms with E-state index in [1.165, 1.54) is 31.3 Å². The highest BCUT2D eigenvalue weighted by atomic mass is 16.5. The number of fused-ring (bicyclic) bond motifs is 7. The summed E-state index contributed by atoms with van der Waals surface area (Å²) in [7, 11) is 0. The fraction of sp³-hybridized carbons (Fsp3) is 0.861. The van der Waals surface area contributed by atoms with Gasteiger partial charge in [-0.3, -0.25) is 14.4 Å². The third-order valence-electron chi connectivity index (χ3n) is 14.2. The summed E-state index contributed by atoms with van der Waals surface area (Å²) < 4.78 is 6.12. The molecule has 5 heteroatoms. The number of ketones is 1. The topological polar surface area (TPSA) is 80.7 Å². The average molecular weight is 569 g/mol. The molecule has 4 saturated carbocycles. The van der Waals surface area contributed by atoms with Crippen molar-refractivity contribution in [3.63, 3.8) is 0 Å². The Kier molecular flexibility index (Phi) is 7.08. The lowest BCUT2D eigenvalue weighted by atomic mass is 9.33. The van der Waals surface area contributed by atoms with Crippen LogP contribution < -0.4 is 0 Å². The van der Waals surface area contributed by atoms with Crippen LogP contribution in [0.4, 0.5) is 0 Å². The second-order valence-electron chi connectivity index (χ2n) is 17.5. The zero-order chi connectivity index (χ0) is 30.6. The predicted molar refractivity (Wildman–Crippen MR) is 161 cm³/mol. The summed E-state index contributed by atoms with van der Waals surface area (Å²) in [5, 5.41) is 9.52. The van der Waals surface area contributed by atoms with E-state index in [0.29, 0.717) is 35.9 Å². The van der Waals surface area contributed by atoms with Gasteiger partial charge in [-0.2, -0.15) is 0 Å². The molecule has 0 saturated heterocycles. The van der Waals surface area contributed by atoms with Crippen molar-refractivity contribution in [1.29, 1.82) is 0 Å². The van der Waals surface area contributed by atoms with Gasteiger partial charge in [-0.15, -0.1) is 0 Å². The number of esters is 1. The number of allylic oxidation sites excluding steroid dienone is 2. The molecule has 0 radical (unpaired) electrons. The van der Waals surface area contributed by atoms with Crippen molar-refractivity contribution >= 4 is 17.7 Å². The van der Waals surface area contributed by atoms with Crippen LogP contribution in [0.25, 0.3) is 0 Å². The molecular formula is C36H56O5. The number of rotatable bonds is 5. The molecule has 5 nitrogen and oxygen atoms in total. The highest BCUT2D eigenvalue weighted by molar-refractivity contribution is 6.00. The molecule has 0 bridgehead atoms. The van der Waals surface area contributed by atoms with Crippen LogP contribution in [0, 0.1) is 56.2 Å². The molecule has 230 valence electrons. The third kappa shape index (κ3) is 4.24. The van der Waals surface area contributed by atoms with Crippen molar-refractivity contribution in [3.8, 4) is 0 Å². The maximum atomic E-state index is 13.3. The number of carboxylic acids is 1. The number of carbonyl (C=O) groups is 3. The van der Waals surface area contributed by atoms with Gasteiger partial charge in [0.2, 0.25) is 0 Å². The highest BCUT2D eigenvalue weighted by Crippen LogP contribution is 2.76. The lowest BCUT2D eigenvalue weighted by Gasteiger charge is -2.72. The second kappa shape index (κ2) is 9.42. The molecule has 5 unspecified atom stereocenters. The SMILES string of the molecule is CC(C)C1=C2C3CCC4C5(C)CCC(OC(=O)CC(C)(C)C(=O)O)C(C)(C)C5CC[C@@]4(C)[C@]3(C)CC[C@@]2(C)CC1=O. The maximum absolute atomic E-state index is 13.3.